The molecule has 2 aliphatic heterocycles. The number of rotatable bonds is 1. The first-order valence-electron chi connectivity index (χ1n) is 6.14. The van der Waals surface area contributed by atoms with E-state index in [2.05, 4.69) is 0 Å². The van der Waals surface area contributed by atoms with Gasteiger partial charge in [-0.2, -0.15) is 13.2 Å². The topological polar surface area (TPSA) is 43.9 Å². The van der Waals surface area contributed by atoms with E-state index in [4.69, 9.17) is 0 Å². The molecule has 0 aromatic carbocycles. The van der Waals surface area contributed by atoms with Gasteiger partial charge in [0, 0.05) is 52.2 Å². The second kappa shape index (κ2) is 4.99. The predicted octanol–water partition coefficient (Wildman–Crippen LogP) is -0.0764. The quantitative estimate of drug-likeness (QED) is 0.674. The van der Waals surface area contributed by atoms with Crippen LogP contribution in [-0.4, -0.2) is 78.0 Å². The second-order valence-corrected chi connectivity index (χ2v) is 4.90. The summed E-state index contributed by atoms with van der Waals surface area (Å²) in [6.45, 7) is 3.79. The first-order valence-corrected chi connectivity index (χ1v) is 6.14. The molecule has 0 unspecified atom stereocenters. The zero-order chi connectivity index (χ0) is 14.2. The van der Waals surface area contributed by atoms with Crippen molar-refractivity contribution in [3.05, 3.63) is 0 Å². The molecular formula is C11H16F3N3O2. The molecule has 0 bridgehead atoms. The van der Waals surface area contributed by atoms with E-state index in [1.807, 2.05) is 4.90 Å². The van der Waals surface area contributed by atoms with Gasteiger partial charge in [-0.25, -0.2) is 0 Å². The van der Waals surface area contributed by atoms with Gasteiger partial charge < -0.3 is 9.80 Å². The SMILES string of the molecule is CC(=O)N1CC(N2CCN(C(=O)C(F)(F)F)CC2)C1. The van der Waals surface area contributed by atoms with E-state index in [-0.39, 0.29) is 25.0 Å². The van der Waals surface area contributed by atoms with Crippen LogP contribution in [0.25, 0.3) is 0 Å². The normalized spacial score (nSPS) is 22.3. The molecule has 2 fully saturated rings. The Labute approximate surface area is 108 Å². The number of amides is 2. The van der Waals surface area contributed by atoms with Crippen LogP contribution >= 0.6 is 0 Å². The molecule has 0 spiro atoms. The number of likely N-dealkylation sites (tertiary alicyclic amines) is 1. The third-order valence-corrected chi connectivity index (χ3v) is 3.67. The van der Waals surface area contributed by atoms with Gasteiger partial charge in [-0.15, -0.1) is 0 Å². The maximum absolute atomic E-state index is 12.3. The number of alkyl halides is 3. The molecule has 0 N–H and O–H groups in total. The van der Waals surface area contributed by atoms with E-state index < -0.39 is 12.1 Å². The standard InChI is InChI=1S/C11H16F3N3O2/c1-8(18)17-6-9(7-17)15-2-4-16(5-3-15)10(19)11(12,13)14/h9H,2-7H2,1H3. The predicted molar refractivity (Wildman–Crippen MR) is 60.3 cm³/mol. The molecule has 0 aromatic heterocycles. The van der Waals surface area contributed by atoms with Crippen molar-refractivity contribution in [2.24, 2.45) is 0 Å². The van der Waals surface area contributed by atoms with Crippen LogP contribution < -0.4 is 0 Å². The summed E-state index contributed by atoms with van der Waals surface area (Å²) in [6.07, 6.45) is -4.79. The van der Waals surface area contributed by atoms with Crippen LogP contribution in [0, 0.1) is 0 Å². The molecule has 0 aliphatic carbocycles. The lowest BCUT2D eigenvalue weighted by atomic mass is 10.1. The Bertz CT molecular complexity index is 372. The smallest absolute Gasteiger partial charge is 0.340 e. The van der Waals surface area contributed by atoms with Gasteiger partial charge in [0.2, 0.25) is 5.91 Å². The zero-order valence-corrected chi connectivity index (χ0v) is 10.6. The average Bonchev–Trinajstić information content (AvgIpc) is 2.25. The first kappa shape index (κ1) is 14.1. The molecule has 8 heteroatoms. The maximum atomic E-state index is 12.3. The highest BCUT2D eigenvalue weighted by Gasteiger charge is 2.44. The fourth-order valence-electron chi connectivity index (χ4n) is 2.41. The van der Waals surface area contributed by atoms with Crippen LogP contribution in [0.4, 0.5) is 13.2 Å². The molecule has 0 atom stereocenters. The fourth-order valence-corrected chi connectivity index (χ4v) is 2.41. The third kappa shape index (κ3) is 2.99. The Kier molecular flexibility index (Phi) is 3.71. The minimum Gasteiger partial charge on any atom is -0.340 e. The highest BCUT2D eigenvalue weighted by atomic mass is 19.4. The van der Waals surface area contributed by atoms with Gasteiger partial charge >= 0.3 is 12.1 Å². The van der Waals surface area contributed by atoms with E-state index >= 15 is 0 Å². The third-order valence-electron chi connectivity index (χ3n) is 3.67. The molecule has 0 aromatic rings. The monoisotopic (exact) mass is 279 g/mol. The fraction of sp³-hybridized carbons (Fsp3) is 0.818. The Morgan fingerprint density at radius 3 is 1.95 bits per heavy atom. The van der Waals surface area contributed by atoms with Crippen molar-refractivity contribution in [3.8, 4) is 0 Å². The molecule has 2 amide bonds. The number of halogens is 3. The summed E-state index contributed by atoms with van der Waals surface area (Å²) in [5.74, 6) is -1.74. The minimum atomic E-state index is -4.79. The largest absolute Gasteiger partial charge is 0.471 e. The van der Waals surface area contributed by atoms with Crippen LogP contribution in [0.15, 0.2) is 0 Å². The summed E-state index contributed by atoms with van der Waals surface area (Å²) in [5, 5.41) is 0. The first-order chi connectivity index (χ1) is 8.79. The molecule has 2 aliphatic rings. The van der Waals surface area contributed by atoms with E-state index in [0.29, 0.717) is 26.2 Å². The Balaban J connectivity index is 1.78. The van der Waals surface area contributed by atoms with Crippen molar-refractivity contribution < 1.29 is 22.8 Å². The lowest BCUT2D eigenvalue weighted by Gasteiger charge is -2.47. The van der Waals surface area contributed by atoms with Crippen molar-refractivity contribution in [3.63, 3.8) is 0 Å². The number of hydrogen-bond donors (Lipinski definition) is 0. The van der Waals surface area contributed by atoms with Gasteiger partial charge in [0.1, 0.15) is 0 Å². The summed E-state index contributed by atoms with van der Waals surface area (Å²) in [6, 6.07) is 0.215. The Morgan fingerprint density at radius 2 is 1.53 bits per heavy atom. The summed E-state index contributed by atoms with van der Waals surface area (Å²) in [7, 11) is 0. The highest BCUT2D eigenvalue weighted by molar-refractivity contribution is 5.82. The van der Waals surface area contributed by atoms with Gasteiger partial charge in [-0.3, -0.25) is 14.5 Å². The maximum Gasteiger partial charge on any atom is 0.471 e. The van der Waals surface area contributed by atoms with Crippen LogP contribution in [0.5, 0.6) is 0 Å². The van der Waals surface area contributed by atoms with Crippen molar-refractivity contribution in [2.45, 2.75) is 19.1 Å². The summed E-state index contributed by atoms with van der Waals surface area (Å²) >= 11 is 0. The van der Waals surface area contributed by atoms with E-state index in [1.54, 1.807) is 4.90 Å². The summed E-state index contributed by atoms with van der Waals surface area (Å²) in [5.41, 5.74) is 0. The lowest BCUT2D eigenvalue weighted by Crippen LogP contribution is -2.64. The van der Waals surface area contributed by atoms with E-state index in [9.17, 15) is 22.8 Å². The van der Waals surface area contributed by atoms with E-state index in [0.717, 1.165) is 4.90 Å². The van der Waals surface area contributed by atoms with Crippen molar-refractivity contribution in [2.75, 3.05) is 39.3 Å². The van der Waals surface area contributed by atoms with Crippen molar-refractivity contribution >= 4 is 11.8 Å². The van der Waals surface area contributed by atoms with Gasteiger partial charge in [0.15, 0.2) is 0 Å². The number of carbonyl (C=O) groups excluding carboxylic acids is 2. The van der Waals surface area contributed by atoms with Crippen molar-refractivity contribution in [1.82, 2.24) is 14.7 Å². The molecular weight excluding hydrogens is 263 g/mol. The summed E-state index contributed by atoms with van der Waals surface area (Å²) in [4.78, 5) is 26.7. The number of hydrogen-bond acceptors (Lipinski definition) is 3. The van der Waals surface area contributed by atoms with Gasteiger partial charge in [-0.1, -0.05) is 0 Å². The Hall–Kier alpha value is -1.31. The van der Waals surface area contributed by atoms with Gasteiger partial charge in [-0.05, 0) is 0 Å². The molecule has 5 nitrogen and oxygen atoms in total. The zero-order valence-electron chi connectivity index (χ0n) is 10.6. The molecule has 19 heavy (non-hydrogen) atoms. The minimum absolute atomic E-state index is 0.0159. The second-order valence-electron chi connectivity index (χ2n) is 4.90. The van der Waals surface area contributed by atoms with Gasteiger partial charge in [0.25, 0.3) is 0 Å². The van der Waals surface area contributed by atoms with Crippen LogP contribution in [0.1, 0.15) is 6.92 Å². The summed E-state index contributed by atoms with van der Waals surface area (Å²) < 4.78 is 36.8. The molecule has 2 saturated heterocycles. The molecule has 2 heterocycles. The van der Waals surface area contributed by atoms with Crippen LogP contribution in [0.2, 0.25) is 0 Å². The number of nitrogens with zero attached hydrogens (tertiary/aromatic N) is 3. The number of carbonyl (C=O) groups is 2. The van der Waals surface area contributed by atoms with Crippen LogP contribution in [-0.2, 0) is 9.59 Å². The van der Waals surface area contributed by atoms with Gasteiger partial charge in [0.05, 0.1) is 0 Å². The Morgan fingerprint density at radius 1 is 1.00 bits per heavy atom. The molecule has 0 saturated carbocycles. The molecule has 0 radical (unpaired) electrons. The molecule has 108 valence electrons. The average molecular weight is 279 g/mol. The highest BCUT2D eigenvalue weighted by Crippen LogP contribution is 2.21. The lowest BCUT2D eigenvalue weighted by molar-refractivity contribution is -0.187. The van der Waals surface area contributed by atoms with E-state index in [1.165, 1.54) is 6.92 Å². The van der Waals surface area contributed by atoms with Crippen LogP contribution in [0.3, 0.4) is 0 Å². The number of piperazine rings is 1. The van der Waals surface area contributed by atoms with Crippen molar-refractivity contribution in [1.29, 1.82) is 0 Å². The molecule has 2 rings (SSSR count).